The maximum atomic E-state index is 13.6. The molecule has 1 aliphatic rings. The lowest BCUT2D eigenvalue weighted by atomic mass is 10.0. The van der Waals surface area contributed by atoms with Crippen LogP contribution in [0.15, 0.2) is 0 Å². The van der Waals surface area contributed by atoms with E-state index in [4.69, 9.17) is 4.74 Å². The van der Waals surface area contributed by atoms with Gasteiger partial charge in [-0.15, -0.1) is 0 Å². The van der Waals surface area contributed by atoms with Crippen LogP contribution in [0.5, 0.6) is 0 Å². The molecule has 0 saturated carbocycles. The van der Waals surface area contributed by atoms with E-state index in [1.54, 1.807) is 27.8 Å². The summed E-state index contributed by atoms with van der Waals surface area (Å²) in [6.07, 6.45) is -0.856. The van der Waals surface area contributed by atoms with Crippen molar-refractivity contribution < 1.29 is 13.9 Å². The first-order valence-corrected chi connectivity index (χ1v) is 5.62. The maximum Gasteiger partial charge on any atom is 0.410 e. The first-order valence-electron chi connectivity index (χ1n) is 5.62. The summed E-state index contributed by atoms with van der Waals surface area (Å²) >= 11 is 0. The molecule has 1 fully saturated rings. The number of ether oxygens (including phenoxy) is 1. The van der Waals surface area contributed by atoms with Crippen molar-refractivity contribution in [1.82, 2.24) is 10.2 Å². The second kappa shape index (κ2) is 4.99. The third-order valence-electron chi connectivity index (χ3n) is 2.55. The second-order valence-electron chi connectivity index (χ2n) is 5.17. The molecular formula is C11H21FN2O2. The zero-order valence-electron chi connectivity index (χ0n) is 10.4. The fourth-order valence-corrected chi connectivity index (χ4v) is 1.71. The molecule has 0 bridgehead atoms. The predicted molar refractivity (Wildman–Crippen MR) is 60.2 cm³/mol. The van der Waals surface area contributed by atoms with Crippen molar-refractivity contribution in [1.29, 1.82) is 0 Å². The van der Waals surface area contributed by atoms with Crippen molar-refractivity contribution in [2.75, 3.05) is 20.1 Å². The number of nitrogens with zero attached hydrogens (tertiary/aromatic N) is 1. The number of halogens is 1. The van der Waals surface area contributed by atoms with Gasteiger partial charge < -0.3 is 15.0 Å². The maximum absolute atomic E-state index is 13.6. The Morgan fingerprint density at radius 1 is 1.50 bits per heavy atom. The van der Waals surface area contributed by atoms with Gasteiger partial charge in [-0.25, -0.2) is 9.18 Å². The zero-order chi connectivity index (χ0) is 12.3. The predicted octanol–water partition coefficient (Wildman–Crippen LogP) is 1.55. The zero-order valence-corrected chi connectivity index (χ0v) is 10.4. The largest absolute Gasteiger partial charge is 0.444 e. The van der Waals surface area contributed by atoms with Crippen LogP contribution in [-0.2, 0) is 4.74 Å². The number of alkyl halides is 1. The van der Waals surface area contributed by atoms with Crippen LogP contribution < -0.4 is 5.32 Å². The standard InChI is InChI=1S/C11H21FN2O2/c1-11(2,3)16-10(15)14(4)9-5-6-13-7-8(9)12/h8-9,13H,5-7H2,1-4H3/t8-,9-/m1/s1. The molecule has 0 aliphatic carbocycles. The van der Waals surface area contributed by atoms with Crippen LogP contribution in [-0.4, -0.2) is 48.9 Å². The highest BCUT2D eigenvalue weighted by molar-refractivity contribution is 5.68. The van der Waals surface area contributed by atoms with Crippen molar-refractivity contribution in [3.8, 4) is 0 Å². The molecule has 0 spiro atoms. The van der Waals surface area contributed by atoms with Crippen LogP contribution in [0.3, 0.4) is 0 Å². The lowest BCUT2D eigenvalue weighted by Gasteiger charge is -2.35. The molecule has 0 aromatic rings. The third-order valence-corrected chi connectivity index (χ3v) is 2.55. The lowest BCUT2D eigenvalue weighted by molar-refractivity contribution is 0.00924. The highest BCUT2D eigenvalue weighted by Gasteiger charge is 2.32. The minimum atomic E-state index is -1.02. The van der Waals surface area contributed by atoms with Crippen molar-refractivity contribution in [2.45, 2.75) is 45.0 Å². The molecule has 16 heavy (non-hydrogen) atoms. The SMILES string of the molecule is CN(C(=O)OC(C)(C)C)[C@@H]1CCNC[C@H]1F. The van der Waals surface area contributed by atoms with Gasteiger partial charge in [-0.2, -0.15) is 0 Å². The second-order valence-corrected chi connectivity index (χ2v) is 5.17. The Morgan fingerprint density at radius 3 is 2.62 bits per heavy atom. The topological polar surface area (TPSA) is 41.6 Å². The number of nitrogens with one attached hydrogen (secondary N) is 1. The Morgan fingerprint density at radius 2 is 2.12 bits per heavy atom. The minimum absolute atomic E-state index is 0.303. The van der Waals surface area contributed by atoms with Crippen LogP contribution in [0.1, 0.15) is 27.2 Å². The highest BCUT2D eigenvalue weighted by Crippen LogP contribution is 2.17. The lowest BCUT2D eigenvalue weighted by Crippen LogP contribution is -2.52. The average Bonchev–Trinajstić information content (AvgIpc) is 2.15. The smallest absolute Gasteiger partial charge is 0.410 e. The minimum Gasteiger partial charge on any atom is -0.444 e. The molecular weight excluding hydrogens is 211 g/mol. The van der Waals surface area contributed by atoms with E-state index in [-0.39, 0.29) is 6.04 Å². The Bertz CT molecular complexity index is 253. The van der Waals surface area contributed by atoms with Crippen molar-refractivity contribution in [3.63, 3.8) is 0 Å². The summed E-state index contributed by atoms with van der Waals surface area (Å²) in [4.78, 5) is 13.1. The quantitative estimate of drug-likeness (QED) is 0.746. The van der Waals surface area contributed by atoms with Gasteiger partial charge in [0, 0.05) is 13.6 Å². The fourth-order valence-electron chi connectivity index (χ4n) is 1.71. The van der Waals surface area contributed by atoms with Crippen molar-refractivity contribution >= 4 is 6.09 Å². The van der Waals surface area contributed by atoms with E-state index in [0.717, 1.165) is 6.54 Å². The number of carbonyl (C=O) groups excluding carboxylic acids is 1. The van der Waals surface area contributed by atoms with Gasteiger partial charge in [0.05, 0.1) is 6.04 Å². The molecule has 1 amide bonds. The van der Waals surface area contributed by atoms with E-state index >= 15 is 0 Å². The van der Waals surface area contributed by atoms with E-state index in [0.29, 0.717) is 13.0 Å². The molecule has 0 radical (unpaired) electrons. The average molecular weight is 232 g/mol. The van der Waals surface area contributed by atoms with Gasteiger partial charge >= 0.3 is 6.09 Å². The normalized spacial score (nSPS) is 26.3. The first-order chi connectivity index (χ1) is 7.31. The molecule has 4 nitrogen and oxygen atoms in total. The van der Waals surface area contributed by atoms with E-state index in [9.17, 15) is 9.18 Å². The summed E-state index contributed by atoms with van der Waals surface area (Å²) < 4.78 is 18.8. The number of rotatable bonds is 1. The molecule has 0 aromatic heterocycles. The molecule has 1 aliphatic heterocycles. The van der Waals surface area contributed by atoms with Crippen LogP contribution in [0, 0.1) is 0 Å². The van der Waals surface area contributed by atoms with E-state index < -0.39 is 17.9 Å². The van der Waals surface area contributed by atoms with E-state index in [1.807, 2.05) is 0 Å². The van der Waals surface area contributed by atoms with Crippen LogP contribution in [0.2, 0.25) is 0 Å². The number of piperidine rings is 1. The molecule has 1 heterocycles. The summed E-state index contributed by atoms with van der Waals surface area (Å²) in [6, 6.07) is -0.379. The van der Waals surface area contributed by atoms with Crippen LogP contribution >= 0.6 is 0 Å². The van der Waals surface area contributed by atoms with E-state index in [1.165, 1.54) is 4.90 Å². The number of amides is 1. The molecule has 0 aromatic carbocycles. The van der Waals surface area contributed by atoms with Gasteiger partial charge in [0.25, 0.3) is 0 Å². The van der Waals surface area contributed by atoms with Crippen molar-refractivity contribution in [2.24, 2.45) is 0 Å². The van der Waals surface area contributed by atoms with Gasteiger partial charge in [0.2, 0.25) is 0 Å². The summed E-state index contributed by atoms with van der Waals surface area (Å²) in [5, 5.41) is 2.95. The van der Waals surface area contributed by atoms with Crippen molar-refractivity contribution in [3.05, 3.63) is 0 Å². The van der Waals surface area contributed by atoms with Gasteiger partial charge in [-0.05, 0) is 33.7 Å². The Hall–Kier alpha value is -0.840. The molecule has 94 valence electrons. The third kappa shape index (κ3) is 3.63. The Balaban J connectivity index is 2.55. The fraction of sp³-hybridized carbons (Fsp3) is 0.909. The molecule has 0 unspecified atom stereocenters. The number of hydrogen-bond donors (Lipinski definition) is 1. The number of hydrogen-bond acceptors (Lipinski definition) is 3. The van der Waals surface area contributed by atoms with Crippen LogP contribution in [0.25, 0.3) is 0 Å². The number of carbonyl (C=O) groups is 1. The van der Waals surface area contributed by atoms with Gasteiger partial charge in [0.15, 0.2) is 0 Å². The molecule has 1 rings (SSSR count). The summed E-state index contributed by atoms with van der Waals surface area (Å²) in [6.45, 7) is 6.44. The van der Waals surface area contributed by atoms with Gasteiger partial charge in [-0.3, -0.25) is 0 Å². The first kappa shape index (κ1) is 13.2. The Kier molecular flexibility index (Phi) is 4.13. The summed E-state index contributed by atoms with van der Waals surface area (Å²) in [5.74, 6) is 0. The van der Waals surface area contributed by atoms with E-state index in [2.05, 4.69) is 5.32 Å². The van der Waals surface area contributed by atoms with Crippen LogP contribution in [0.4, 0.5) is 9.18 Å². The van der Waals surface area contributed by atoms with Gasteiger partial charge in [0.1, 0.15) is 11.8 Å². The summed E-state index contributed by atoms with van der Waals surface area (Å²) in [5.41, 5.74) is -0.538. The summed E-state index contributed by atoms with van der Waals surface area (Å²) in [7, 11) is 1.59. The monoisotopic (exact) mass is 232 g/mol. The highest BCUT2D eigenvalue weighted by atomic mass is 19.1. The molecule has 5 heteroatoms. The Labute approximate surface area is 96.1 Å². The molecule has 1 N–H and O–H groups in total. The van der Waals surface area contributed by atoms with Gasteiger partial charge in [-0.1, -0.05) is 0 Å². The molecule has 1 saturated heterocycles. The molecule has 2 atom stereocenters.